The molecule has 0 aliphatic rings. The highest BCUT2D eigenvalue weighted by molar-refractivity contribution is 6.42. The topological polar surface area (TPSA) is 77.2 Å². The normalized spacial score (nSPS) is 11.7. The number of nitrogens with one attached hydrogen (secondary N) is 1. The zero-order valence-corrected chi connectivity index (χ0v) is 17.9. The third-order valence-corrected chi connectivity index (χ3v) is 5.17. The fourth-order valence-electron chi connectivity index (χ4n) is 2.85. The van der Waals surface area contributed by atoms with Crippen LogP contribution in [0, 0.1) is 0 Å². The first-order chi connectivity index (χ1) is 15.0. The van der Waals surface area contributed by atoms with E-state index in [2.05, 4.69) is 15.5 Å². The van der Waals surface area contributed by atoms with Crippen LogP contribution in [0.1, 0.15) is 6.92 Å². The average Bonchev–Trinajstić information content (AvgIpc) is 3.27. The number of carbonyl (C=O) groups is 1. The largest absolute Gasteiger partial charge is 0.481 e. The first-order valence-electron chi connectivity index (χ1n) is 9.42. The molecule has 4 rings (SSSR count). The predicted octanol–water partition coefficient (Wildman–Crippen LogP) is 6.12. The Morgan fingerprint density at radius 2 is 1.65 bits per heavy atom. The third-order valence-electron chi connectivity index (χ3n) is 4.43. The summed E-state index contributed by atoms with van der Waals surface area (Å²) in [4.78, 5) is 12.7. The molecule has 0 fully saturated rings. The van der Waals surface area contributed by atoms with E-state index in [0.717, 1.165) is 0 Å². The fourth-order valence-corrected chi connectivity index (χ4v) is 3.15. The van der Waals surface area contributed by atoms with E-state index in [1.165, 1.54) is 0 Å². The second kappa shape index (κ2) is 9.20. The number of benzene rings is 3. The lowest BCUT2D eigenvalue weighted by Crippen LogP contribution is -2.30. The molecular weight excluding hydrogens is 437 g/mol. The summed E-state index contributed by atoms with van der Waals surface area (Å²) in [5, 5.41) is 11.9. The lowest BCUT2D eigenvalue weighted by molar-refractivity contribution is -0.122. The minimum absolute atomic E-state index is 0.258. The van der Waals surface area contributed by atoms with E-state index >= 15 is 0 Å². The van der Waals surface area contributed by atoms with Crippen molar-refractivity contribution in [3.05, 3.63) is 82.8 Å². The monoisotopic (exact) mass is 453 g/mol. The molecule has 0 aliphatic heterocycles. The van der Waals surface area contributed by atoms with Gasteiger partial charge in [0.1, 0.15) is 5.75 Å². The predicted molar refractivity (Wildman–Crippen MR) is 120 cm³/mol. The molecule has 1 heterocycles. The Bertz CT molecular complexity index is 1210. The van der Waals surface area contributed by atoms with Crippen LogP contribution in [0.2, 0.25) is 10.0 Å². The fraction of sp³-hybridized carbons (Fsp3) is 0.0870. The van der Waals surface area contributed by atoms with Crippen molar-refractivity contribution in [2.75, 3.05) is 5.32 Å². The first kappa shape index (κ1) is 20.9. The standard InChI is InChI=1S/C23H17Cl2N3O3/c1-14(30-16-7-3-2-4-8-16)21(29)26-20-10-6-5-9-17(20)23-28-27-22(31-23)15-11-12-18(24)19(25)13-15/h2-14H,1H3,(H,26,29)/t14-/m1/s1. The number of aromatic nitrogens is 2. The van der Waals surface area contributed by atoms with Crippen LogP contribution in [0.15, 0.2) is 77.2 Å². The van der Waals surface area contributed by atoms with Gasteiger partial charge in [-0.15, -0.1) is 10.2 Å². The summed E-state index contributed by atoms with van der Waals surface area (Å²) in [6.07, 6.45) is -0.704. The number of anilines is 1. The quantitative estimate of drug-likeness (QED) is 0.380. The number of carbonyl (C=O) groups excluding carboxylic acids is 1. The zero-order chi connectivity index (χ0) is 21.8. The maximum Gasteiger partial charge on any atom is 0.265 e. The van der Waals surface area contributed by atoms with Gasteiger partial charge in [-0.3, -0.25) is 4.79 Å². The summed E-state index contributed by atoms with van der Waals surface area (Å²) in [5.74, 6) is 0.853. The van der Waals surface area contributed by atoms with Crippen LogP contribution in [-0.2, 0) is 4.79 Å². The smallest absolute Gasteiger partial charge is 0.265 e. The molecule has 0 unspecified atom stereocenters. The number of hydrogen-bond acceptors (Lipinski definition) is 5. The lowest BCUT2D eigenvalue weighted by Gasteiger charge is -2.15. The number of halogens is 2. The Labute approximate surface area is 188 Å². The van der Waals surface area contributed by atoms with Crippen LogP contribution >= 0.6 is 23.2 Å². The van der Waals surface area contributed by atoms with E-state index in [1.54, 1.807) is 55.5 Å². The van der Waals surface area contributed by atoms with Crippen molar-refractivity contribution in [1.29, 1.82) is 0 Å². The van der Waals surface area contributed by atoms with Crippen LogP contribution in [0.4, 0.5) is 5.69 Å². The van der Waals surface area contributed by atoms with E-state index in [4.69, 9.17) is 32.4 Å². The van der Waals surface area contributed by atoms with Gasteiger partial charge < -0.3 is 14.5 Å². The molecule has 0 spiro atoms. The number of rotatable bonds is 6. The van der Waals surface area contributed by atoms with E-state index in [0.29, 0.717) is 32.6 Å². The molecule has 4 aromatic rings. The molecule has 0 aliphatic carbocycles. The van der Waals surface area contributed by atoms with Crippen molar-refractivity contribution in [3.63, 3.8) is 0 Å². The molecule has 0 bridgehead atoms. The average molecular weight is 454 g/mol. The summed E-state index contributed by atoms with van der Waals surface area (Å²) >= 11 is 12.0. The molecule has 1 N–H and O–H groups in total. The van der Waals surface area contributed by atoms with Gasteiger partial charge in [-0.05, 0) is 49.4 Å². The van der Waals surface area contributed by atoms with Crippen molar-refractivity contribution < 1.29 is 13.9 Å². The van der Waals surface area contributed by atoms with E-state index in [-0.39, 0.29) is 17.7 Å². The van der Waals surface area contributed by atoms with Gasteiger partial charge in [0.25, 0.3) is 5.91 Å². The second-order valence-corrected chi connectivity index (χ2v) is 7.46. The summed E-state index contributed by atoms with van der Waals surface area (Å²) in [6, 6.07) is 21.4. The number of ether oxygens (including phenoxy) is 1. The van der Waals surface area contributed by atoms with Crippen molar-refractivity contribution in [2.45, 2.75) is 13.0 Å². The Kier molecular flexibility index (Phi) is 6.21. The molecule has 0 saturated carbocycles. The summed E-state index contributed by atoms with van der Waals surface area (Å²) in [7, 11) is 0. The highest BCUT2D eigenvalue weighted by Gasteiger charge is 2.19. The Hall–Kier alpha value is -3.35. The Morgan fingerprint density at radius 1 is 0.935 bits per heavy atom. The molecule has 156 valence electrons. The molecule has 8 heteroatoms. The highest BCUT2D eigenvalue weighted by atomic mass is 35.5. The van der Waals surface area contributed by atoms with Gasteiger partial charge >= 0.3 is 0 Å². The second-order valence-electron chi connectivity index (χ2n) is 6.65. The zero-order valence-electron chi connectivity index (χ0n) is 16.4. The van der Waals surface area contributed by atoms with E-state index in [1.807, 2.05) is 24.3 Å². The molecule has 1 amide bonds. The van der Waals surface area contributed by atoms with Crippen molar-refractivity contribution >= 4 is 34.8 Å². The van der Waals surface area contributed by atoms with Gasteiger partial charge in [-0.1, -0.05) is 53.5 Å². The maximum atomic E-state index is 12.7. The van der Waals surface area contributed by atoms with Gasteiger partial charge in [0, 0.05) is 5.56 Å². The van der Waals surface area contributed by atoms with Gasteiger partial charge in [0.05, 0.1) is 21.3 Å². The number of para-hydroxylation sites is 2. The molecule has 0 saturated heterocycles. The number of hydrogen-bond donors (Lipinski definition) is 1. The van der Waals surface area contributed by atoms with Gasteiger partial charge in [0.2, 0.25) is 11.8 Å². The third kappa shape index (κ3) is 4.87. The summed E-state index contributed by atoms with van der Waals surface area (Å²) in [6.45, 7) is 1.68. The minimum atomic E-state index is -0.704. The number of amides is 1. The highest BCUT2D eigenvalue weighted by Crippen LogP contribution is 2.32. The van der Waals surface area contributed by atoms with Gasteiger partial charge in [-0.25, -0.2) is 0 Å². The SMILES string of the molecule is C[C@@H](Oc1ccccc1)C(=O)Nc1ccccc1-c1nnc(-c2ccc(Cl)c(Cl)c2)o1. The van der Waals surface area contributed by atoms with Crippen molar-refractivity contribution in [3.8, 4) is 28.7 Å². The van der Waals surface area contributed by atoms with Crippen molar-refractivity contribution in [2.24, 2.45) is 0 Å². The van der Waals surface area contributed by atoms with Crippen LogP contribution in [0.3, 0.4) is 0 Å². The van der Waals surface area contributed by atoms with E-state index < -0.39 is 6.10 Å². The molecule has 1 aromatic heterocycles. The molecule has 1 atom stereocenters. The summed E-state index contributed by atoms with van der Waals surface area (Å²) in [5.41, 5.74) is 1.75. The molecular formula is C23H17Cl2N3O3. The van der Waals surface area contributed by atoms with Crippen LogP contribution < -0.4 is 10.1 Å². The Balaban J connectivity index is 1.54. The molecule has 6 nitrogen and oxygen atoms in total. The maximum absolute atomic E-state index is 12.7. The van der Waals surface area contributed by atoms with Gasteiger partial charge in [0.15, 0.2) is 6.10 Å². The van der Waals surface area contributed by atoms with Crippen molar-refractivity contribution in [1.82, 2.24) is 10.2 Å². The Morgan fingerprint density at radius 3 is 2.42 bits per heavy atom. The first-order valence-corrected chi connectivity index (χ1v) is 10.2. The van der Waals surface area contributed by atoms with Crippen LogP contribution in [0.5, 0.6) is 5.75 Å². The van der Waals surface area contributed by atoms with Crippen LogP contribution in [0.25, 0.3) is 22.9 Å². The minimum Gasteiger partial charge on any atom is -0.481 e. The van der Waals surface area contributed by atoms with Crippen LogP contribution in [-0.4, -0.2) is 22.2 Å². The number of nitrogens with zero attached hydrogens (tertiary/aromatic N) is 2. The molecule has 31 heavy (non-hydrogen) atoms. The van der Waals surface area contributed by atoms with Gasteiger partial charge in [-0.2, -0.15) is 0 Å². The molecule has 0 radical (unpaired) electrons. The molecule has 3 aromatic carbocycles. The summed E-state index contributed by atoms with van der Waals surface area (Å²) < 4.78 is 11.5. The van der Waals surface area contributed by atoms with E-state index in [9.17, 15) is 4.79 Å². The lowest BCUT2D eigenvalue weighted by atomic mass is 10.1.